The molecular weight excluding hydrogens is 362 g/mol. The summed E-state index contributed by atoms with van der Waals surface area (Å²) >= 11 is 0. The van der Waals surface area contributed by atoms with Crippen molar-refractivity contribution in [2.45, 2.75) is 62.4 Å². The highest BCUT2D eigenvalue weighted by atomic mass is 32.2. The highest BCUT2D eigenvalue weighted by Crippen LogP contribution is 2.60. The quantitative estimate of drug-likeness (QED) is 0.789. The van der Waals surface area contributed by atoms with Crippen molar-refractivity contribution in [3.63, 3.8) is 0 Å². The van der Waals surface area contributed by atoms with Crippen LogP contribution in [0.15, 0.2) is 22.8 Å². The fourth-order valence-electron chi connectivity index (χ4n) is 6.84. The molecule has 6 rings (SSSR count). The maximum absolute atomic E-state index is 13.4. The summed E-state index contributed by atoms with van der Waals surface area (Å²) in [5, 5.41) is -0.358. The summed E-state index contributed by atoms with van der Waals surface area (Å²) < 4.78 is 30.6. The van der Waals surface area contributed by atoms with Gasteiger partial charge in [-0.2, -0.15) is 0 Å². The van der Waals surface area contributed by atoms with E-state index in [0.29, 0.717) is 37.6 Å². The number of rotatable bonds is 4. The summed E-state index contributed by atoms with van der Waals surface area (Å²) in [6, 6.07) is 3.43. The van der Waals surface area contributed by atoms with Crippen LogP contribution in [0.2, 0.25) is 0 Å². The minimum atomic E-state index is -3.23. The van der Waals surface area contributed by atoms with E-state index in [-0.39, 0.29) is 16.4 Å². The molecule has 0 unspecified atom stereocenters. The molecule has 27 heavy (non-hydrogen) atoms. The van der Waals surface area contributed by atoms with Gasteiger partial charge in [-0.15, -0.1) is 0 Å². The van der Waals surface area contributed by atoms with Gasteiger partial charge in [-0.25, -0.2) is 8.42 Å². The zero-order valence-electron chi connectivity index (χ0n) is 15.8. The van der Waals surface area contributed by atoms with E-state index >= 15 is 0 Å². The van der Waals surface area contributed by atoms with E-state index in [4.69, 9.17) is 4.42 Å². The van der Waals surface area contributed by atoms with E-state index in [0.717, 1.165) is 37.0 Å². The van der Waals surface area contributed by atoms with Crippen LogP contribution < -0.4 is 0 Å². The average molecular weight is 392 g/mol. The van der Waals surface area contributed by atoms with Crippen molar-refractivity contribution < 1.29 is 17.6 Å². The number of likely N-dealkylation sites (tertiary alicyclic amines) is 1. The number of nitrogens with zero attached hydrogens (tertiary/aromatic N) is 1. The lowest BCUT2D eigenvalue weighted by Gasteiger charge is -2.57. The van der Waals surface area contributed by atoms with Crippen LogP contribution in [0.3, 0.4) is 0 Å². The molecule has 1 aromatic rings. The predicted octanol–water partition coefficient (Wildman–Crippen LogP) is 3.40. The Hall–Kier alpha value is -1.30. The fraction of sp³-hybridized carbons (Fsp3) is 0.762. The van der Waals surface area contributed by atoms with Gasteiger partial charge in [-0.3, -0.25) is 4.79 Å². The molecule has 1 saturated heterocycles. The monoisotopic (exact) mass is 391 g/mol. The van der Waals surface area contributed by atoms with Crippen LogP contribution in [0.4, 0.5) is 0 Å². The number of furan rings is 1. The van der Waals surface area contributed by atoms with Gasteiger partial charge < -0.3 is 9.32 Å². The van der Waals surface area contributed by atoms with Crippen LogP contribution in [-0.4, -0.2) is 37.6 Å². The Morgan fingerprint density at radius 3 is 2.19 bits per heavy atom. The van der Waals surface area contributed by atoms with Gasteiger partial charge in [0.1, 0.15) is 11.5 Å². The van der Waals surface area contributed by atoms with Crippen molar-refractivity contribution >= 4 is 15.7 Å². The van der Waals surface area contributed by atoms with Gasteiger partial charge in [0.05, 0.1) is 16.9 Å². The van der Waals surface area contributed by atoms with Crippen molar-refractivity contribution in [3.8, 4) is 0 Å². The van der Waals surface area contributed by atoms with Crippen LogP contribution >= 0.6 is 0 Å². The van der Waals surface area contributed by atoms with Crippen LogP contribution in [0.25, 0.3) is 0 Å². The molecule has 5 nitrogen and oxygen atoms in total. The number of piperidine rings is 1. The second-order valence-electron chi connectivity index (χ2n) is 9.58. The summed E-state index contributed by atoms with van der Waals surface area (Å²) in [5.74, 6) is 3.07. The van der Waals surface area contributed by atoms with Crippen molar-refractivity contribution in [1.82, 2.24) is 4.90 Å². The van der Waals surface area contributed by atoms with Crippen molar-refractivity contribution in [1.29, 1.82) is 0 Å². The normalized spacial score (nSPS) is 36.3. The number of hydrogen-bond acceptors (Lipinski definition) is 4. The molecule has 5 aliphatic rings. The van der Waals surface area contributed by atoms with Gasteiger partial charge in [0.2, 0.25) is 5.91 Å². The van der Waals surface area contributed by atoms with E-state index in [2.05, 4.69) is 0 Å². The predicted molar refractivity (Wildman–Crippen MR) is 102 cm³/mol. The smallest absolute Gasteiger partial charge is 0.228 e. The minimum Gasteiger partial charge on any atom is -0.468 e. The van der Waals surface area contributed by atoms with E-state index in [1.54, 1.807) is 12.1 Å². The van der Waals surface area contributed by atoms with E-state index in [1.165, 1.54) is 25.5 Å². The number of hydrogen-bond donors (Lipinski definition) is 0. The number of amides is 1. The van der Waals surface area contributed by atoms with Crippen molar-refractivity contribution in [2.75, 3.05) is 13.1 Å². The van der Waals surface area contributed by atoms with Gasteiger partial charge in [0.25, 0.3) is 0 Å². The molecule has 1 aromatic heterocycles. The molecule has 4 saturated carbocycles. The molecule has 4 bridgehead atoms. The Balaban J connectivity index is 1.24. The summed E-state index contributed by atoms with van der Waals surface area (Å²) in [6.45, 7) is 1.17. The van der Waals surface area contributed by atoms with E-state index < -0.39 is 9.84 Å². The second kappa shape index (κ2) is 6.36. The third-order valence-corrected chi connectivity index (χ3v) is 9.83. The molecule has 4 aliphatic carbocycles. The van der Waals surface area contributed by atoms with Crippen LogP contribution in [0.1, 0.15) is 57.1 Å². The third kappa shape index (κ3) is 3.14. The second-order valence-corrected chi connectivity index (χ2v) is 11.9. The molecule has 0 atom stereocenters. The molecule has 2 heterocycles. The lowest BCUT2D eigenvalue weighted by atomic mass is 9.49. The molecule has 1 aliphatic heterocycles. The largest absolute Gasteiger partial charge is 0.468 e. The van der Waals surface area contributed by atoms with Crippen molar-refractivity contribution in [2.24, 2.45) is 23.2 Å². The highest BCUT2D eigenvalue weighted by Gasteiger charge is 2.55. The maximum Gasteiger partial charge on any atom is 0.228 e. The first-order chi connectivity index (χ1) is 12.9. The number of carbonyl (C=O) groups excluding carboxylic acids is 1. The molecule has 0 aromatic carbocycles. The molecule has 1 amide bonds. The number of sulfone groups is 1. The molecule has 6 heteroatoms. The fourth-order valence-corrected chi connectivity index (χ4v) is 8.56. The average Bonchev–Trinajstić information content (AvgIpc) is 3.12. The minimum absolute atomic E-state index is 0.0341. The zero-order valence-corrected chi connectivity index (χ0v) is 16.6. The van der Waals surface area contributed by atoms with Gasteiger partial charge in [0.15, 0.2) is 9.84 Å². The molecular formula is C21H29NO4S. The van der Waals surface area contributed by atoms with Crippen LogP contribution in [0, 0.1) is 23.2 Å². The highest BCUT2D eigenvalue weighted by molar-refractivity contribution is 7.91. The molecule has 148 valence electrons. The van der Waals surface area contributed by atoms with Gasteiger partial charge in [-0.05, 0) is 81.3 Å². The third-order valence-electron chi connectivity index (χ3n) is 7.65. The van der Waals surface area contributed by atoms with Crippen LogP contribution in [0.5, 0.6) is 0 Å². The molecule has 0 spiro atoms. The molecule has 0 radical (unpaired) electrons. The summed E-state index contributed by atoms with van der Waals surface area (Å²) in [7, 11) is -3.23. The van der Waals surface area contributed by atoms with Crippen molar-refractivity contribution in [3.05, 3.63) is 24.2 Å². The first-order valence-electron chi connectivity index (χ1n) is 10.5. The Labute approximate surface area is 161 Å². The van der Waals surface area contributed by atoms with E-state index in [9.17, 15) is 13.2 Å². The summed E-state index contributed by atoms with van der Waals surface area (Å²) in [5.41, 5.74) is -0.116. The first kappa shape index (κ1) is 17.8. The lowest BCUT2D eigenvalue weighted by molar-refractivity contribution is -0.158. The van der Waals surface area contributed by atoms with Gasteiger partial charge in [0, 0.05) is 13.1 Å². The Kier molecular flexibility index (Phi) is 4.19. The molecule has 5 fully saturated rings. The Morgan fingerprint density at radius 1 is 1.07 bits per heavy atom. The van der Waals surface area contributed by atoms with Crippen LogP contribution in [-0.2, 0) is 20.4 Å². The topological polar surface area (TPSA) is 67.6 Å². The SMILES string of the molecule is O=C(N1CCC(S(=O)(=O)Cc2ccco2)CC1)C12CC3CC(CC(C3)C1)C2. The number of carbonyl (C=O) groups is 1. The molecule has 0 N–H and O–H groups in total. The lowest BCUT2D eigenvalue weighted by Crippen LogP contribution is -2.56. The van der Waals surface area contributed by atoms with E-state index in [1.807, 2.05) is 4.90 Å². The zero-order chi connectivity index (χ0) is 18.6. The maximum atomic E-state index is 13.4. The van der Waals surface area contributed by atoms with Gasteiger partial charge in [-0.1, -0.05) is 0 Å². The first-order valence-corrected chi connectivity index (χ1v) is 12.2. The summed E-state index contributed by atoms with van der Waals surface area (Å²) in [4.78, 5) is 15.4. The van der Waals surface area contributed by atoms with Gasteiger partial charge >= 0.3 is 0 Å². The standard InChI is InChI=1S/C21H29NO4S/c23-20(21-11-15-8-16(12-21)10-17(9-15)13-21)22-5-3-19(4-6-22)27(24,25)14-18-2-1-7-26-18/h1-2,7,15-17,19H,3-6,8-14H2. The Bertz CT molecular complexity index is 770. The summed E-state index contributed by atoms with van der Waals surface area (Å²) in [6.07, 6.45) is 9.86. The Morgan fingerprint density at radius 2 is 1.67 bits per heavy atom.